The quantitative estimate of drug-likeness (QED) is 0.919. The van der Waals surface area contributed by atoms with Gasteiger partial charge < -0.3 is 10.1 Å². The van der Waals surface area contributed by atoms with Crippen molar-refractivity contribution in [3.63, 3.8) is 0 Å². The van der Waals surface area contributed by atoms with Crippen LogP contribution >= 0.6 is 0 Å². The van der Waals surface area contributed by atoms with E-state index in [4.69, 9.17) is 4.74 Å². The molecule has 1 aliphatic heterocycles. The Labute approximate surface area is 123 Å². The fraction of sp³-hybridized carbons (Fsp3) is 0.375. The zero-order chi connectivity index (χ0) is 14.5. The molecule has 110 valence electrons. The topological polar surface area (TPSA) is 56.1 Å². The van der Waals surface area contributed by atoms with Crippen molar-refractivity contribution in [1.29, 1.82) is 0 Å². The Morgan fingerprint density at radius 3 is 2.90 bits per heavy atom. The molecule has 1 atom stereocenters. The Kier molecular flexibility index (Phi) is 4.31. The lowest BCUT2D eigenvalue weighted by Gasteiger charge is -2.10. The van der Waals surface area contributed by atoms with Crippen LogP contribution < -0.4 is 5.32 Å². The minimum Gasteiger partial charge on any atom is -0.378 e. The van der Waals surface area contributed by atoms with Crippen molar-refractivity contribution in [2.45, 2.75) is 31.8 Å². The summed E-state index contributed by atoms with van der Waals surface area (Å²) in [5.41, 5.74) is 1.78. The molecule has 21 heavy (non-hydrogen) atoms. The molecule has 5 heteroatoms. The second-order valence-electron chi connectivity index (χ2n) is 5.22. The number of anilines is 1. The van der Waals surface area contributed by atoms with E-state index in [0.29, 0.717) is 6.42 Å². The van der Waals surface area contributed by atoms with Gasteiger partial charge in [0.25, 0.3) is 0 Å². The van der Waals surface area contributed by atoms with Crippen LogP contribution in [0.25, 0.3) is 5.69 Å². The maximum atomic E-state index is 11.9. The maximum Gasteiger partial charge on any atom is 0.224 e. The average molecular weight is 285 g/mol. The first-order valence-electron chi connectivity index (χ1n) is 7.33. The van der Waals surface area contributed by atoms with E-state index in [9.17, 15) is 4.79 Å². The summed E-state index contributed by atoms with van der Waals surface area (Å²) in [5, 5.41) is 7.08. The third-order valence-electron chi connectivity index (χ3n) is 3.64. The minimum absolute atomic E-state index is 0.0392. The van der Waals surface area contributed by atoms with Gasteiger partial charge in [-0.15, -0.1) is 0 Å². The number of hydrogen-bond acceptors (Lipinski definition) is 3. The van der Waals surface area contributed by atoms with Gasteiger partial charge in [-0.25, -0.2) is 4.68 Å². The number of nitrogens with zero attached hydrogens (tertiary/aromatic N) is 2. The lowest BCUT2D eigenvalue weighted by molar-refractivity contribution is -0.116. The molecule has 0 bridgehead atoms. The molecule has 3 rings (SSSR count). The lowest BCUT2D eigenvalue weighted by Crippen LogP contribution is -2.15. The summed E-state index contributed by atoms with van der Waals surface area (Å²) in [6.07, 6.45) is 7.38. The summed E-state index contributed by atoms with van der Waals surface area (Å²) in [4.78, 5) is 11.9. The van der Waals surface area contributed by atoms with Crippen molar-refractivity contribution < 1.29 is 9.53 Å². The van der Waals surface area contributed by atoms with Crippen molar-refractivity contribution in [2.24, 2.45) is 0 Å². The highest BCUT2D eigenvalue weighted by Crippen LogP contribution is 2.18. The van der Waals surface area contributed by atoms with Crippen LogP contribution in [-0.2, 0) is 9.53 Å². The zero-order valence-corrected chi connectivity index (χ0v) is 11.9. The summed E-state index contributed by atoms with van der Waals surface area (Å²) in [5.74, 6) is 0.0392. The number of carbonyl (C=O) groups is 1. The molecule has 0 spiro atoms. The van der Waals surface area contributed by atoms with Gasteiger partial charge in [0.15, 0.2) is 0 Å². The van der Waals surface area contributed by atoms with Crippen molar-refractivity contribution in [1.82, 2.24) is 9.78 Å². The van der Waals surface area contributed by atoms with Gasteiger partial charge in [-0.2, -0.15) is 5.10 Å². The number of amides is 1. The van der Waals surface area contributed by atoms with E-state index in [0.717, 1.165) is 37.2 Å². The molecular weight excluding hydrogens is 266 g/mol. The number of rotatable bonds is 5. The molecule has 1 aromatic heterocycles. The van der Waals surface area contributed by atoms with Crippen LogP contribution in [0.15, 0.2) is 42.7 Å². The first kappa shape index (κ1) is 13.8. The zero-order valence-electron chi connectivity index (χ0n) is 11.9. The summed E-state index contributed by atoms with van der Waals surface area (Å²) in [6, 6.07) is 9.52. The summed E-state index contributed by atoms with van der Waals surface area (Å²) in [6.45, 7) is 0.834. The molecule has 1 aliphatic rings. The van der Waals surface area contributed by atoms with Gasteiger partial charge in [-0.1, -0.05) is 0 Å². The van der Waals surface area contributed by atoms with Crippen molar-refractivity contribution in [3.8, 4) is 5.69 Å². The second-order valence-corrected chi connectivity index (χ2v) is 5.22. The van der Waals surface area contributed by atoms with Gasteiger partial charge in [0.2, 0.25) is 5.91 Å². The third-order valence-corrected chi connectivity index (χ3v) is 3.64. The Morgan fingerprint density at radius 2 is 2.24 bits per heavy atom. The minimum atomic E-state index is 0.0392. The molecule has 5 nitrogen and oxygen atoms in total. The van der Waals surface area contributed by atoms with Crippen LogP contribution in [0.3, 0.4) is 0 Å². The molecule has 1 amide bonds. The van der Waals surface area contributed by atoms with Gasteiger partial charge in [-0.3, -0.25) is 4.79 Å². The highest BCUT2D eigenvalue weighted by Gasteiger charge is 2.16. The molecule has 1 fully saturated rings. The molecule has 0 saturated carbocycles. The smallest absolute Gasteiger partial charge is 0.224 e. The number of aromatic nitrogens is 2. The number of nitrogens with one attached hydrogen (secondary N) is 1. The van der Waals surface area contributed by atoms with Crippen LogP contribution in [0.2, 0.25) is 0 Å². The monoisotopic (exact) mass is 285 g/mol. The van der Waals surface area contributed by atoms with E-state index < -0.39 is 0 Å². The molecule has 1 aromatic carbocycles. The first-order valence-corrected chi connectivity index (χ1v) is 7.33. The second kappa shape index (κ2) is 6.54. The first-order chi connectivity index (χ1) is 10.3. The standard InChI is InChI=1S/C16H19N3O2/c20-16(9-8-15-3-1-12-21-15)18-13-4-6-14(7-5-13)19-11-2-10-17-19/h2,4-7,10-11,15H,1,3,8-9,12H2,(H,18,20). The van der Waals surface area contributed by atoms with E-state index in [1.807, 2.05) is 36.5 Å². The fourth-order valence-electron chi connectivity index (χ4n) is 2.51. The number of benzene rings is 1. The van der Waals surface area contributed by atoms with Gasteiger partial charge in [0.1, 0.15) is 0 Å². The third kappa shape index (κ3) is 3.70. The van der Waals surface area contributed by atoms with Crippen LogP contribution in [0.4, 0.5) is 5.69 Å². The van der Waals surface area contributed by atoms with Crippen LogP contribution in [0, 0.1) is 0 Å². The van der Waals surface area contributed by atoms with Gasteiger partial charge in [0, 0.05) is 31.1 Å². The van der Waals surface area contributed by atoms with Crippen molar-refractivity contribution >= 4 is 11.6 Å². The number of ether oxygens (including phenoxy) is 1. The molecule has 1 N–H and O–H groups in total. The fourth-order valence-corrected chi connectivity index (χ4v) is 2.51. The van der Waals surface area contributed by atoms with Crippen LogP contribution in [0.5, 0.6) is 0 Å². The predicted molar refractivity (Wildman–Crippen MR) is 80.4 cm³/mol. The molecule has 0 radical (unpaired) electrons. The number of carbonyl (C=O) groups excluding carboxylic acids is 1. The van der Waals surface area contributed by atoms with Crippen molar-refractivity contribution in [2.75, 3.05) is 11.9 Å². The van der Waals surface area contributed by atoms with E-state index in [2.05, 4.69) is 10.4 Å². The van der Waals surface area contributed by atoms with Crippen LogP contribution in [-0.4, -0.2) is 28.4 Å². The predicted octanol–water partition coefficient (Wildman–Crippen LogP) is 2.77. The summed E-state index contributed by atoms with van der Waals surface area (Å²) >= 11 is 0. The molecular formula is C16H19N3O2. The molecule has 0 aliphatic carbocycles. The van der Waals surface area contributed by atoms with Crippen LogP contribution in [0.1, 0.15) is 25.7 Å². The van der Waals surface area contributed by atoms with E-state index in [1.54, 1.807) is 10.9 Å². The van der Waals surface area contributed by atoms with E-state index >= 15 is 0 Å². The van der Waals surface area contributed by atoms with Gasteiger partial charge in [0.05, 0.1) is 11.8 Å². The Balaban J connectivity index is 1.51. The highest BCUT2D eigenvalue weighted by molar-refractivity contribution is 5.90. The van der Waals surface area contributed by atoms with Gasteiger partial charge >= 0.3 is 0 Å². The highest BCUT2D eigenvalue weighted by atomic mass is 16.5. The SMILES string of the molecule is O=C(CCC1CCCO1)Nc1ccc(-n2cccn2)cc1. The van der Waals surface area contributed by atoms with Gasteiger partial charge in [-0.05, 0) is 49.6 Å². The largest absolute Gasteiger partial charge is 0.378 e. The molecule has 1 unspecified atom stereocenters. The molecule has 1 saturated heterocycles. The molecule has 2 heterocycles. The Morgan fingerprint density at radius 1 is 1.38 bits per heavy atom. The lowest BCUT2D eigenvalue weighted by atomic mass is 10.1. The maximum absolute atomic E-state index is 11.9. The Bertz CT molecular complexity index is 572. The number of hydrogen-bond donors (Lipinski definition) is 1. The van der Waals surface area contributed by atoms with E-state index in [1.165, 1.54) is 0 Å². The van der Waals surface area contributed by atoms with E-state index in [-0.39, 0.29) is 12.0 Å². The summed E-state index contributed by atoms with van der Waals surface area (Å²) < 4.78 is 7.30. The van der Waals surface area contributed by atoms with Crippen molar-refractivity contribution in [3.05, 3.63) is 42.7 Å². The molecule has 2 aromatic rings. The normalized spacial score (nSPS) is 17.8. The average Bonchev–Trinajstić information content (AvgIpc) is 3.19. The Hall–Kier alpha value is -2.14. The summed E-state index contributed by atoms with van der Waals surface area (Å²) in [7, 11) is 0.